The molecule has 0 fully saturated rings. The second-order valence-electron chi connectivity index (χ2n) is 3.37. The van der Waals surface area contributed by atoms with Crippen molar-refractivity contribution < 1.29 is 4.79 Å². The lowest BCUT2D eigenvalue weighted by molar-refractivity contribution is 0.0946. The molecule has 0 bridgehead atoms. The van der Waals surface area contributed by atoms with Gasteiger partial charge in [-0.2, -0.15) is 0 Å². The van der Waals surface area contributed by atoms with E-state index in [1.54, 1.807) is 5.51 Å². The van der Waals surface area contributed by atoms with Gasteiger partial charge in [0.05, 0.1) is 30.1 Å². The number of nitrogen functional groups attached to an aromatic ring is 1. The first-order valence-corrected chi connectivity index (χ1v) is 5.79. The number of aromatic nitrogens is 3. The average molecular weight is 249 g/mol. The van der Waals surface area contributed by atoms with Crippen molar-refractivity contribution in [3.8, 4) is 0 Å². The molecule has 6 nitrogen and oxygen atoms in total. The quantitative estimate of drug-likeness (QED) is 0.837. The molecule has 0 aliphatic heterocycles. The standard InChI is InChI=1S/C10H11N5OS/c1-6-8(17-5-14-6)3-13-10(16)7-2-12-4-9(11)15-7/h2,4-5H,3H2,1H3,(H2,11,15)(H,13,16). The van der Waals surface area contributed by atoms with Crippen molar-refractivity contribution >= 4 is 23.1 Å². The molecule has 2 aromatic rings. The van der Waals surface area contributed by atoms with Crippen molar-refractivity contribution in [1.29, 1.82) is 0 Å². The molecule has 2 heterocycles. The molecule has 17 heavy (non-hydrogen) atoms. The van der Waals surface area contributed by atoms with Gasteiger partial charge in [0.15, 0.2) is 0 Å². The Morgan fingerprint density at radius 3 is 3.00 bits per heavy atom. The Bertz CT molecular complexity index is 539. The third kappa shape index (κ3) is 2.76. The molecular weight excluding hydrogens is 238 g/mol. The second-order valence-corrected chi connectivity index (χ2v) is 4.31. The second kappa shape index (κ2) is 4.88. The lowest BCUT2D eigenvalue weighted by Gasteiger charge is -2.03. The number of anilines is 1. The highest BCUT2D eigenvalue weighted by Crippen LogP contribution is 2.11. The molecule has 0 unspecified atom stereocenters. The molecule has 0 radical (unpaired) electrons. The third-order valence-electron chi connectivity index (χ3n) is 2.14. The van der Waals surface area contributed by atoms with Crippen LogP contribution in [0.3, 0.4) is 0 Å². The molecule has 2 rings (SSSR count). The maximum atomic E-state index is 11.7. The van der Waals surface area contributed by atoms with Gasteiger partial charge in [-0.05, 0) is 6.92 Å². The van der Waals surface area contributed by atoms with Crippen molar-refractivity contribution in [2.45, 2.75) is 13.5 Å². The zero-order valence-corrected chi connectivity index (χ0v) is 9.99. The average Bonchev–Trinajstić information content (AvgIpc) is 2.72. The van der Waals surface area contributed by atoms with E-state index in [0.29, 0.717) is 6.54 Å². The molecule has 88 valence electrons. The minimum Gasteiger partial charge on any atom is -0.382 e. The predicted molar refractivity (Wildman–Crippen MR) is 64.5 cm³/mol. The monoisotopic (exact) mass is 249 g/mol. The number of thiazole rings is 1. The molecule has 0 aliphatic rings. The predicted octanol–water partition coefficient (Wildman–Crippen LogP) is 0.754. The van der Waals surface area contributed by atoms with Crippen LogP contribution in [0.25, 0.3) is 0 Å². The highest BCUT2D eigenvalue weighted by molar-refractivity contribution is 7.09. The van der Waals surface area contributed by atoms with Gasteiger partial charge in [0.1, 0.15) is 11.5 Å². The maximum Gasteiger partial charge on any atom is 0.271 e. The normalized spacial score (nSPS) is 10.2. The van der Waals surface area contributed by atoms with Crippen LogP contribution in [0.5, 0.6) is 0 Å². The van der Waals surface area contributed by atoms with Gasteiger partial charge >= 0.3 is 0 Å². The van der Waals surface area contributed by atoms with Crippen LogP contribution in [0, 0.1) is 6.92 Å². The van der Waals surface area contributed by atoms with Crippen molar-refractivity contribution in [3.05, 3.63) is 34.2 Å². The fourth-order valence-electron chi connectivity index (χ4n) is 1.24. The summed E-state index contributed by atoms with van der Waals surface area (Å²) in [6, 6.07) is 0. The number of carbonyl (C=O) groups excluding carboxylic acids is 1. The van der Waals surface area contributed by atoms with Crippen LogP contribution in [0.2, 0.25) is 0 Å². The van der Waals surface area contributed by atoms with Crippen LogP contribution >= 0.6 is 11.3 Å². The van der Waals surface area contributed by atoms with Gasteiger partial charge in [0.2, 0.25) is 0 Å². The SMILES string of the molecule is Cc1ncsc1CNC(=O)c1cncc(N)n1. The Morgan fingerprint density at radius 1 is 1.53 bits per heavy atom. The van der Waals surface area contributed by atoms with Gasteiger partial charge in [-0.3, -0.25) is 9.78 Å². The van der Waals surface area contributed by atoms with E-state index in [9.17, 15) is 4.79 Å². The molecule has 0 atom stereocenters. The number of hydrogen-bond acceptors (Lipinski definition) is 6. The largest absolute Gasteiger partial charge is 0.382 e. The fourth-order valence-corrected chi connectivity index (χ4v) is 1.95. The first-order chi connectivity index (χ1) is 8.16. The number of hydrogen-bond donors (Lipinski definition) is 2. The first kappa shape index (κ1) is 11.5. The summed E-state index contributed by atoms with van der Waals surface area (Å²) in [6.45, 7) is 2.34. The molecule has 1 amide bonds. The fraction of sp³-hybridized carbons (Fsp3) is 0.200. The summed E-state index contributed by atoms with van der Waals surface area (Å²) < 4.78 is 0. The van der Waals surface area contributed by atoms with Gasteiger partial charge in [0, 0.05) is 4.88 Å². The van der Waals surface area contributed by atoms with Crippen molar-refractivity contribution in [3.63, 3.8) is 0 Å². The van der Waals surface area contributed by atoms with E-state index in [1.807, 2.05) is 6.92 Å². The number of nitrogens with two attached hydrogens (primary N) is 1. The zero-order chi connectivity index (χ0) is 12.3. The van der Waals surface area contributed by atoms with Gasteiger partial charge in [0.25, 0.3) is 5.91 Å². The van der Waals surface area contributed by atoms with Gasteiger partial charge in [-0.1, -0.05) is 0 Å². The smallest absolute Gasteiger partial charge is 0.271 e. The minimum atomic E-state index is -0.294. The summed E-state index contributed by atoms with van der Waals surface area (Å²) >= 11 is 1.50. The Labute approximate surface area is 102 Å². The summed E-state index contributed by atoms with van der Waals surface area (Å²) in [5.74, 6) is -0.0655. The van der Waals surface area contributed by atoms with E-state index >= 15 is 0 Å². The zero-order valence-electron chi connectivity index (χ0n) is 9.17. The van der Waals surface area contributed by atoms with Gasteiger partial charge < -0.3 is 11.1 Å². The molecule has 3 N–H and O–H groups in total. The van der Waals surface area contributed by atoms with Crippen LogP contribution in [-0.4, -0.2) is 20.9 Å². The summed E-state index contributed by atoms with van der Waals surface area (Å²) in [4.78, 5) is 24.5. The van der Waals surface area contributed by atoms with E-state index in [1.165, 1.54) is 23.7 Å². The molecule has 0 saturated carbocycles. The maximum absolute atomic E-state index is 11.7. The molecular formula is C10H11N5OS. The van der Waals surface area contributed by atoms with Crippen molar-refractivity contribution in [2.75, 3.05) is 5.73 Å². The van der Waals surface area contributed by atoms with E-state index < -0.39 is 0 Å². The Kier molecular flexibility index (Phi) is 3.29. The van der Waals surface area contributed by atoms with Crippen LogP contribution in [0.4, 0.5) is 5.82 Å². The third-order valence-corrected chi connectivity index (χ3v) is 3.08. The first-order valence-electron chi connectivity index (χ1n) is 4.91. The summed E-state index contributed by atoms with van der Waals surface area (Å²) in [6.07, 6.45) is 2.77. The Balaban J connectivity index is 2.01. The van der Waals surface area contributed by atoms with E-state index in [-0.39, 0.29) is 17.4 Å². The molecule has 2 aromatic heterocycles. The van der Waals surface area contributed by atoms with Crippen molar-refractivity contribution in [1.82, 2.24) is 20.3 Å². The van der Waals surface area contributed by atoms with E-state index in [4.69, 9.17) is 5.73 Å². The number of amides is 1. The van der Waals surface area contributed by atoms with E-state index in [0.717, 1.165) is 10.6 Å². The highest BCUT2D eigenvalue weighted by Gasteiger charge is 2.09. The molecule has 0 aromatic carbocycles. The number of nitrogens with one attached hydrogen (secondary N) is 1. The lowest BCUT2D eigenvalue weighted by atomic mass is 10.3. The lowest BCUT2D eigenvalue weighted by Crippen LogP contribution is -2.24. The summed E-state index contributed by atoms with van der Waals surface area (Å²) in [5.41, 5.74) is 8.34. The minimum absolute atomic E-state index is 0.215. The topological polar surface area (TPSA) is 93.8 Å². The van der Waals surface area contributed by atoms with E-state index in [2.05, 4.69) is 20.3 Å². The van der Waals surface area contributed by atoms with Crippen LogP contribution < -0.4 is 11.1 Å². The summed E-state index contributed by atoms with van der Waals surface area (Å²) in [5, 5.41) is 2.74. The van der Waals surface area contributed by atoms with Crippen LogP contribution in [-0.2, 0) is 6.54 Å². The number of carbonyl (C=O) groups is 1. The summed E-state index contributed by atoms with van der Waals surface area (Å²) in [7, 11) is 0. The van der Waals surface area contributed by atoms with Crippen LogP contribution in [0.1, 0.15) is 21.1 Å². The number of aryl methyl sites for hydroxylation is 1. The Hall–Kier alpha value is -2.02. The number of nitrogens with zero attached hydrogens (tertiary/aromatic N) is 3. The number of rotatable bonds is 3. The van der Waals surface area contributed by atoms with Gasteiger partial charge in [-0.15, -0.1) is 11.3 Å². The molecule has 0 saturated heterocycles. The molecule has 0 aliphatic carbocycles. The van der Waals surface area contributed by atoms with Crippen molar-refractivity contribution in [2.24, 2.45) is 0 Å². The molecule has 0 spiro atoms. The Morgan fingerprint density at radius 2 is 2.35 bits per heavy atom. The highest BCUT2D eigenvalue weighted by atomic mass is 32.1. The van der Waals surface area contributed by atoms with Gasteiger partial charge in [-0.25, -0.2) is 9.97 Å². The van der Waals surface area contributed by atoms with Crippen LogP contribution in [0.15, 0.2) is 17.9 Å². The molecule has 7 heteroatoms.